The van der Waals surface area contributed by atoms with E-state index in [0.717, 1.165) is 12.1 Å². The number of hydrogen-bond donors (Lipinski definition) is 2. The number of rotatable bonds is 7. The Bertz CT molecular complexity index is 884. The number of methoxy groups -OCH3 is 1. The molecule has 2 aromatic rings. The van der Waals surface area contributed by atoms with Crippen LogP contribution in [0.5, 0.6) is 5.75 Å². The highest BCUT2D eigenvalue weighted by molar-refractivity contribution is 6.01. The van der Waals surface area contributed by atoms with Crippen molar-refractivity contribution < 1.29 is 23.6 Å². The zero-order valence-electron chi connectivity index (χ0n) is 15.6. The van der Waals surface area contributed by atoms with E-state index in [1.807, 2.05) is 0 Å². The highest BCUT2D eigenvalue weighted by Gasteiger charge is 2.25. The van der Waals surface area contributed by atoms with Gasteiger partial charge in [0.05, 0.1) is 12.0 Å². The molecule has 2 rings (SSSR count). The molecule has 2 aromatic carbocycles. The lowest BCUT2D eigenvalue weighted by Gasteiger charge is -2.22. The van der Waals surface area contributed by atoms with E-state index in [1.165, 1.54) is 13.2 Å². The van der Waals surface area contributed by atoms with Gasteiger partial charge in [-0.05, 0) is 42.3 Å². The van der Waals surface area contributed by atoms with Crippen molar-refractivity contribution in [2.45, 2.75) is 19.9 Å². The Kier molecular flexibility index (Phi) is 6.64. The van der Waals surface area contributed by atoms with Crippen molar-refractivity contribution in [1.29, 1.82) is 0 Å². The molecule has 28 heavy (non-hydrogen) atoms. The highest BCUT2D eigenvalue weighted by Crippen LogP contribution is 2.22. The van der Waals surface area contributed by atoms with Crippen LogP contribution in [0.2, 0.25) is 0 Å². The number of benzene rings is 2. The van der Waals surface area contributed by atoms with Gasteiger partial charge in [0, 0.05) is 17.3 Å². The van der Waals surface area contributed by atoms with E-state index in [4.69, 9.17) is 4.74 Å². The van der Waals surface area contributed by atoms with Crippen LogP contribution in [0.1, 0.15) is 24.2 Å². The normalized spacial score (nSPS) is 11.6. The Morgan fingerprint density at radius 3 is 2.32 bits per heavy atom. The molecule has 0 aromatic heterocycles. The molecule has 0 fully saturated rings. The van der Waals surface area contributed by atoms with Crippen LogP contribution < -0.4 is 15.4 Å². The second kappa shape index (κ2) is 8.94. The van der Waals surface area contributed by atoms with Crippen LogP contribution in [0, 0.1) is 21.8 Å². The van der Waals surface area contributed by atoms with E-state index in [9.17, 15) is 24.1 Å². The number of nitro benzene ring substituents is 1. The van der Waals surface area contributed by atoms with Crippen LogP contribution in [0.3, 0.4) is 0 Å². The number of amides is 2. The van der Waals surface area contributed by atoms with Gasteiger partial charge in [-0.2, -0.15) is 4.39 Å². The van der Waals surface area contributed by atoms with Gasteiger partial charge in [-0.3, -0.25) is 19.7 Å². The molecule has 0 bridgehead atoms. The first-order valence-corrected chi connectivity index (χ1v) is 8.42. The smallest absolute Gasteiger partial charge is 0.306 e. The van der Waals surface area contributed by atoms with Crippen LogP contribution >= 0.6 is 0 Å². The van der Waals surface area contributed by atoms with E-state index in [0.29, 0.717) is 11.3 Å². The first-order valence-electron chi connectivity index (χ1n) is 8.42. The molecule has 0 heterocycles. The number of hydrogen-bond acceptors (Lipinski definition) is 5. The second-order valence-electron chi connectivity index (χ2n) is 6.34. The fourth-order valence-corrected chi connectivity index (χ4v) is 2.45. The topological polar surface area (TPSA) is 111 Å². The predicted octanol–water partition coefficient (Wildman–Crippen LogP) is 3.14. The third-order valence-electron chi connectivity index (χ3n) is 4.00. The third kappa shape index (κ3) is 5.03. The fraction of sp³-hybridized carbons (Fsp3) is 0.263. The van der Waals surface area contributed by atoms with Gasteiger partial charge >= 0.3 is 5.69 Å². The van der Waals surface area contributed by atoms with Gasteiger partial charge in [0.1, 0.15) is 11.8 Å². The molecule has 0 aliphatic heterocycles. The van der Waals surface area contributed by atoms with Crippen LogP contribution in [0.25, 0.3) is 0 Å². The minimum Gasteiger partial charge on any atom is -0.497 e. The molecular formula is C19H20FN3O5. The van der Waals surface area contributed by atoms with Crippen LogP contribution in [0.15, 0.2) is 42.5 Å². The van der Waals surface area contributed by atoms with Gasteiger partial charge in [0.2, 0.25) is 11.7 Å². The molecule has 0 radical (unpaired) electrons. The molecule has 0 saturated heterocycles. The standard InChI is InChI=1S/C19H20FN3O5/c1-11(2)17(22-18(24)12-4-7-14(28-3)8-5-12)19(25)21-13-6-9-15(20)16(10-13)23(26)27/h4-11,17H,1-3H3,(H,21,25)(H,22,24)/t17-/m0/s1. The maximum Gasteiger partial charge on any atom is 0.306 e. The molecule has 9 heteroatoms. The summed E-state index contributed by atoms with van der Waals surface area (Å²) in [4.78, 5) is 35.0. The first-order chi connectivity index (χ1) is 13.2. The SMILES string of the molecule is COc1ccc(C(=O)N[C@H](C(=O)Nc2ccc(F)c([N+](=O)[O-])c2)C(C)C)cc1. The summed E-state index contributed by atoms with van der Waals surface area (Å²) < 4.78 is 18.5. The molecule has 0 saturated carbocycles. The Balaban J connectivity index is 2.14. The van der Waals surface area contributed by atoms with E-state index >= 15 is 0 Å². The maximum absolute atomic E-state index is 13.4. The summed E-state index contributed by atoms with van der Waals surface area (Å²) in [5, 5.41) is 16.0. The number of nitrogens with one attached hydrogen (secondary N) is 2. The van der Waals surface area contributed by atoms with Crippen molar-refractivity contribution in [3.05, 3.63) is 64.0 Å². The van der Waals surface area contributed by atoms with Gasteiger partial charge in [-0.25, -0.2) is 0 Å². The van der Waals surface area contributed by atoms with Crippen molar-refractivity contribution in [2.75, 3.05) is 12.4 Å². The van der Waals surface area contributed by atoms with Gasteiger partial charge in [-0.1, -0.05) is 13.8 Å². The van der Waals surface area contributed by atoms with Gasteiger partial charge in [0.15, 0.2) is 0 Å². The van der Waals surface area contributed by atoms with E-state index in [-0.39, 0.29) is 11.6 Å². The number of anilines is 1. The summed E-state index contributed by atoms with van der Waals surface area (Å²) >= 11 is 0. The minimum atomic E-state index is -1.00. The molecule has 0 spiro atoms. The summed E-state index contributed by atoms with van der Waals surface area (Å²) in [6.07, 6.45) is 0. The quantitative estimate of drug-likeness (QED) is 0.558. The monoisotopic (exact) mass is 389 g/mol. The number of nitrogens with zero attached hydrogens (tertiary/aromatic N) is 1. The zero-order chi connectivity index (χ0) is 20.8. The lowest BCUT2D eigenvalue weighted by molar-refractivity contribution is -0.387. The summed E-state index contributed by atoms with van der Waals surface area (Å²) in [6, 6.07) is 8.50. The maximum atomic E-state index is 13.4. The van der Waals surface area contributed by atoms with Gasteiger partial charge in [-0.15, -0.1) is 0 Å². The van der Waals surface area contributed by atoms with Crippen molar-refractivity contribution in [1.82, 2.24) is 5.32 Å². The molecule has 0 aliphatic carbocycles. The van der Waals surface area contributed by atoms with Crippen molar-refractivity contribution in [2.24, 2.45) is 5.92 Å². The Hall–Kier alpha value is -3.49. The molecule has 2 amide bonds. The number of ether oxygens (including phenoxy) is 1. The van der Waals surface area contributed by atoms with E-state index in [2.05, 4.69) is 10.6 Å². The summed E-state index contributed by atoms with van der Waals surface area (Å²) in [6.45, 7) is 3.48. The Morgan fingerprint density at radius 2 is 1.79 bits per heavy atom. The summed E-state index contributed by atoms with van der Waals surface area (Å²) in [7, 11) is 1.51. The molecule has 0 aliphatic rings. The van der Waals surface area contributed by atoms with Crippen LogP contribution in [-0.2, 0) is 4.79 Å². The largest absolute Gasteiger partial charge is 0.497 e. The molecular weight excluding hydrogens is 369 g/mol. The first kappa shape index (κ1) is 20.8. The lowest BCUT2D eigenvalue weighted by Crippen LogP contribution is -2.47. The average molecular weight is 389 g/mol. The number of nitro groups is 1. The van der Waals surface area contributed by atoms with E-state index < -0.39 is 34.3 Å². The van der Waals surface area contributed by atoms with Gasteiger partial charge in [0.25, 0.3) is 5.91 Å². The van der Waals surface area contributed by atoms with Crippen molar-refractivity contribution in [3.63, 3.8) is 0 Å². The minimum absolute atomic E-state index is 0.0578. The molecule has 0 unspecified atom stereocenters. The second-order valence-corrected chi connectivity index (χ2v) is 6.34. The fourth-order valence-electron chi connectivity index (χ4n) is 2.45. The third-order valence-corrected chi connectivity index (χ3v) is 4.00. The highest BCUT2D eigenvalue weighted by atomic mass is 19.1. The average Bonchev–Trinajstić information content (AvgIpc) is 2.66. The Labute approximate surface area is 160 Å². The summed E-state index contributed by atoms with van der Waals surface area (Å²) in [5.74, 6) is -1.71. The van der Waals surface area contributed by atoms with Crippen molar-refractivity contribution in [3.8, 4) is 5.75 Å². The van der Waals surface area contributed by atoms with E-state index in [1.54, 1.807) is 38.1 Å². The number of halogens is 1. The molecule has 148 valence electrons. The zero-order valence-corrected chi connectivity index (χ0v) is 15.6. The predicted molar refractivity (Wildman–Crippen MR) is 101 cm³/mol. The molecule has 8 nitrogen and oxygen atoms in total. The van der Waals surface area contributed by atoms with Crippen LogP contribution in [0.4, 0.5) is 15.8 Å². The molecule has 1 atom stereocenters. The number of carbonyl (C=O) groups is 2. The Morgan fingerprint density at radius 1 is 1.14 bits per heavy atom. The lowest BCUT2D eigenvalue weighted by atomic mass is 10.0. The molecule has 2 N–H and O–H groups in total. The van der Waals surface area contributed by atoms with Gasteiger partial charge < -0.3 is 15.4 Å². The van der Waals surface area contributed by atoms with Crippen molar-refractivity contribution >= 4 is 23.2 Å². The summed E-state index contributed by atoms with van der Waals surface area (Å²) in [5.41, 5.74) is -0.347. The number of carbonyl (C=O) groups excluding carboxylic acids is 2. The van der Waals surface area contributed by atoms with Crippen LogP contribution in [-0.4, -0.2) is 29.9 Å².